The maximum atomic E-state index is 5.16. The Labute approximate surface area is 253 Å². The van der Waals surface area contributed by atoms with Crippen LogP contribution in [-0.4, -0.2) is 5.84 Å². The normalized spacial score (nSPS) is 18.4. The summed E-state index contributed by atoms with van der Waals surface area (Å²) in [5.74, 6) is 0.899. The van der Waals surface area contributed by atoms with Crippen LogP contribution in [0.1, 0.15) is 54.0 Å². The molecule has 1 heterocycles. The van der Waals surface area contributed by atoms with Gasteiger partial charge in [-0.1, -0.05) is 141 Å². The van der Waals surface area contributed by atoms with Crippen LogP contribution >= 0.6 is 0 Å². The number of hydrogen-bond donors (Lipinski definition) is 2. The second-order valence-electron chi connectivity index (χ2n) is 12.2. The first-order chi connectivity index (χ1) is 21.0. The van der Waals surface area contributed by atoms with Crippen molar-refractivity contribution < 1.29 is 0 Å². The number of nitrogens with one attached hydrogen (secondary N) is 2. The third-order valence-electron chi connectivity index (χ3n) is 9.14. The van der Waals surface area contributed by atoms with Crippen molar-refractivity contribution in [1.82, 2.24) is 10.6 Å². The van der Waals surface area contributed by atoms with Crippen LogP contribution in [-0.2, 0) is 5.41 Å². The van der Waals surface area contributed by atoms with Gasteiger partial charge in [-0.2, -0.15) is 0 Å². The summed E-state index contributed by atoms with van der Waals surface area (Å²) in [7, 11) is 0. The fourth-order valence-electron chi connectivity index (χ4n) is 6.75. The quantitative estimate of drug-likeness (QED) is 0.228. The summed E-state index contributed by atoms with van der Waals surface area (Å²) in [4.78, 5) is 5.16. The summed E-state index contributed by atoms with van der Waals surface area (Å²) in [5, 5.41) is 10.1. The summed E-state index contributed by atoms with van der Waals surface area (Å²) in [6.07, 6.45) is -0.287. The molecule has 0 spiro atoms. The summed E-state index contributed by atoms with van der Waals surface area (Å²) in [5.41, 5.74) is 11.2. The van der Waals surface area contributed by atoms with E-state index in [1.807, 2.05) is 6.07 Å². The monoisotopic (exact) mass is 555 g/mol. The Morgan fingerprint density at radius 2 is 1.12 bits per heavy atom. The molecule has 3 heteroatoms. The molecule has 43 heavy (non-hydrogen) atoms. The molecule has 8 rings (SSSR count). The van der Waals surface area contributed by atoms with Gasteiger partial charge in [0, 0.05) is 11.0 Å². The van der Waals surface area contributed by atoms with E-state index in [4.69, 9.17) is 4.99 Å². The Balaban J connectivity index is 1.17. The highest BCUT2D eigenvalue weighted by atomic mass is 15.3. The number of nitrogens with zero attached hydrogens (tertiary/aromatic N) is 1. The standard InChI is InChI=1S/C40H33N3/c1-40(2)35-25-32(21-22-33(35)34-23-30-15-9-10-16-31(30)24-36(34)40)39-42-37(28-13-7-4-8-14-28)41-38(43-39)29-19-17-27(18-20-29)26-11-5-3-6-12-26/h3-25,38-39,43H,1-2H3,(H,41,42). The molecule has 208 valence electrons. The molecule has 0 amide bonds. The van der Waals surface area contributed by atoms with Crippen molar-refractivity contribution in [1.29, 1.82) is 0 Å². The van der Waals surface area contributed by atoms with Crippen molar-refractivity contribution in [3.8, 4) is 22.3 Å². The van der Waals surface area contributed by atoms with E-state index in [2.05, 4.69) is 158 Å². The molecule has 2 atom stereocenters. The lowest BCUT2D eigenvalue weighted by molar-refractivity contribution is 0.408. The van der Waals surface area contributed by atoms with Crippen molar-refractivity contribution in [3.05, 3.63) is 167 Å². The molecule has 2 N–H and O–H groups in total. The zero-order valence-electron chi connectivity index (χ0n) is 24.4. The minimum absolute atomic E-state index is 0.0948. The largest absolute Gasteiger partial charge is 0.350 e. The predicted molar refractivity (Wildman–Crippen MR) is 178 cm³/mol. The molecule has 0 bridgehead atoms. The lowest BCUT2D eigenvalue weighted by Gasteiger charge is -2.33. The fourth-order valence-corrected chi connectivity index (χ4v) is 6.75. The van der Waals surface area contributed by atoms with Crippen molar-refractivity contribution in [2.75, 3.05) is 0 Å². The first-order valence-corrected chi connectivity index (χ1v) is 15.0. The second-order valence-corrected chi connectivity index (χ2v) is 12.2. The van der Waals surface area contributed by atoms with Crippen LogP contribution in [0.25, 0.3) is 33.0 Å². The van der Waals surface area contributed by atoms with E-state index < -0.39 is 0 Å². The van der Waals surface area contributed by atoms with Gasteiger partial charge in [-0.3, -0.25) is 5.32 Å². The number of benzene rings is 6. The van der Waals surface area contributed by atoms with Crippen LogP contribution in [0.2, 0.25) is 0 Å². The van der Waals surface area contributed by atoms with Crippen LogP contribution < -0.4 is 10.6 Å². The highest BCUT2D eigenvalue weighted by Crippen LogP contribution is 2.50. The van der Waals surface area contributed by atoms with E-state index in [0.717, 1.165) is 17.0 Å². The van der Waals surface area contributed by atoms with Gasteiger partial charge in [0.05, 0.1) is 0 Å². The molecule has 6 aromatic rings. The van der Waals surface area contributed by atoms with Gasteiger partial charge in [-0.15, -0.1) is 0 Å². The molecule has 6 aromatic carbocycles. The van der Waals surface area contributed by atoms with Crippen LogP contribution in [0, 0.1) is 0 Å². The van der Waals surface area contributed by atoms with E-state index in [1.165, 1.54) is 49.7 Å². The van der Waals surface area contributed by atoms with Crippen LogP contribution in [0.3, 0.4) is 0 Å². The van der Waals surface area contributed by atoms with Gasteiger partial charge in [-0.25, -0.2) is 4.99 Å². The van der Waals surface area contributed by atoms with Gasteiger partial charge >= 0.3 is 0 Å². The Hall–Kier alpha value is -4.99. The summed E-state index contributed by atoms with van der Waals surface area (Å²) >= 11 is 0. The van der Waals surface area contributed by atoms with Crippen molar-refractivity contribution in [2.45, 2.75) is 31.6 Å². The van der Waals surface area contributed by atoms with Crippen LogP contribution in [0.4, 0.5) is 0 Å². The highest BCUT2D eigenvalue weighted by Gasteiger charge is 2.37. The lowest BCUT2D eigenvalue weighted by Crippen LogP contribution is -2.45. The van der Waals surface area contributed by atoms with E-state index >= 15 is 0 Å². The summed E-state index contributed by atoms with van der Waals surface area (Å²) in [6, 6.07) is 50.1. The molecule has 0 radical (unpaired) electrons. The first-order valence-electron chi connectivity index (χ1n) is 15.0. The lowest BCUT2D eigenvalue weighted by atomic mass is 9.81. The first kappa shape index (κ1) is 25.7. The third-order valence-corrected chi connectivity index (χ3v) is 9.14. The smallest absolute Gasteiger partial charge is 0.131 e. The molecule has 1 aliphatic heterocycles. The molecule has 2 unspecified atom stereocenters. The Bertz CT molecular complexity index is 1990. The minimum Gasteiger partial charge on any atom is -0.350 e. The average Bonchev–Trinajstić information content (AvgIpc) is 3.29. The number of hydrogen-bond acceptors (Lipinski definition) is 3. The van der Waals surface area contributed by atoms with Gasteiger partial charge < -0.3 is 5.32 Å². The Morgan fingerprint density at radius 1 is 0.535 bits per heavy atom. The molecule has 0 saturated heterocycles. The highest BCUT2D eigenvalue weighted by molar-refractivity contribution is 5.99. The van der Waals surface area contributed by atoms with E-state index in [9.17, 15) is 0 Å². The number of rotatable bonds is 4. The topological polar surface area (TPSA) is 36.4 Å². The fraction of sp³-hybridized carbons (Fsp3) is 0.125. The minimum atomic E-state index is -0.185. The van der Waals surface area contributed by atoms with Crippen LogP contribution in [0.5, 0.6) is 0 Å². The van der Waals surface area contributed by atoms with Crippen molar-refractivity contribution >= 4 is 16.6 Å². The molecule has 3 nitrogen and oxygen atoms in total. The third kappa shape index (κ3) is 4.45. The maximum Gasteiger partial charge on any atom is 0.131 e. The molecular weight excluding hydrogens is 522 g/mol. The van der Waals surface area contributed by atoms with Gasteiger partial charge in [-0.05, 0) is 67.4 Å². The van der Waals surface area contributed by atoms with Gasteiger partial charge in [0.2, 0.25) is 0 Å². The number of amidine groups is 1. The van der Waals surface area contributed by atoms with Gasteiger partial charge in [0.1, 0.15) is 18.2 Å². The molecule has 0 saturated carbocycles. The molecule has 0 fully saturated rings. The SMILES string of the molecule is CC1(C)c2cc(C3NC(c4ccccc4)=NC(c4ccc(-c5ccccc5)cc4)N3)ccc2-c2cc3ccccc3cc21. The number of fused-ring (bicyclic) bond motifs is 4. The predicted octanol–water partition coefficient (Wildman–Crippen LogP) is 9.15. The van der Waals surface area contributed by atoms with E-state index in [0.29, 0.717) is 0 Å². The summed E-state index contributed by atoms with van der Waals surface area (Å²) < 4.78 is 0. The molecule has 2 aliphatic rings. The van der Waals surface area contributed by atoms with Crippen molar-refractivity contribution in [3.63, 3.8) is 0 Å². The van der Waals surface area contributed by atoms with E-state index in [1.54, 1.807) is 0 Å². The number of aliphatic imine (C=N–C) groups is 1. The van der Waals surface area contributed by atoms with Crippen molar-refractivity contribution in [2.24, 2.45) is 4.99 Å². The molecule has 0 aromatic heterocycles. The van der Waals surface area contributed by atoms with Crippen LogP contribution in [0.15, 0.2) is 145 Å². The van der Waals surface area contributed by atoms with E-state index in [-0.39, 0.29) is 17.7 Å². The summed E-state index contributed by atoms with van der Waals surface area (Å²) in [6.45, 7) is 4.71. The zero-order chi connectivity index (χ0) is 29.0. The Kier molecular flexibility index (Phi) is 6.02. The molecular formula is C40H33N3. The van der Waals surface area contributed by atoms with Gasteiger partial charge in [0.25, 0.3) is 0 Å². The second kappa shape index (κ2) is 10.1. The maximum absolute atomic E-state index is 5.16. The van der Waals surface area contributed by atoms with Gasteiger partial charge in [0.15, 0.2) is 0 Å². The zero-order valence-corrected chi connectivity index (χ0v) is 24.4. The molecule has 1 aliphatic carbocycles. The average molecular weight is 556 g/mol. The Morgan fingerprint density at radius 3 is 1.84 bits per heavy atom.